The Balaban J connectivity index is 1.36. The first kappa shape index (κ1) is 18.5. The highest BCUT2D eigenvalue weighted by Crippen LogP contribution is 2.22. The number of rotatable bonds is 8. The molecule has 0 aliphatic rings. The Morgan fingerprint density at radius 3 is 2.58 bits per heavy atom. The molecule has 0 radical (unpaired) electrons. The van der Waals surface area contributed by atoms with Gasteiger partial charge in [0, 0.05) is 22.8 Å². The van der Waals surface area contributed by atoms with Crippen LogP contribution in [0, 0.1) is 6.92 Å². The summed E-state index contributed by atoms with van der Waals surface area (Å²) in [5.74, 6) is 1.51. The van der Waals surface area contributed by atoms with Gasteiger partial charge in [-0.2, -0.15) is 0 Å². The molecule has 0 saturated heterocycles. The van der Waals surface area contributed by atoms with E-state index >= 15 is 0 Å². The van der Waals surface area contributed by atoms with E-state index in [0.29, 0.717) is 17.7 Å². The second kappa shape index (κ2) is 9.45. The summed E-state index contributed by atoms with van der Waals surface area (Å²) in [6.45, 7) is 2.69. The normalized spacial score (nSPS) is 10.7. The number of nitrogens with zero attached hydrogens (tertiary/aromatic N) is 2. The van der Waals surface area contributed by atoms with Crippen LogP contribution in [0.1, 0.15) is 5.56 Å². The van der Waals surface area contributed by atoms with Crippen LogP contribution in [0.5, 0.6) is 0 Å². The van der Waals surface area contributed by atoms with E-state index in [4.69, 9.17) is 4.42 Å². The van der Waals surface area contributed by atoms with Gasteiger partial charge in [-0.25, -0.2) is 0 Å². The van der Waals surface area contributed by atoms with Crippen LogP contribution in [0.4, 0.5) is 0 Å². The number of hydrogen-bond donors (Lipinski definition) is 1. The lowest BCUT2D eigenvalue weighted by molar-refractivity contribution is -0.118. The lowest BCUT2D eigenvalue weighted by atomic mass is 10.2. The summed E-state index contributed by atoms with van der Waals surface area (Å²) in [6.07, 6.45) is 0. The molecule has 2 aromatic carbocycles. The summed E-state index contributed by atoms with van der Waals surface area (Å²) in [6, 6.07) is 17.9. The van der Waals surface area contributed by atoms with Crippen LogP contribution in [0.3, 0.4) is 0 Å². The summed E-state index contributed by atoms with van der Waals surface area (Å²) in [7, 11) is 0. The van der Waals surface area contributed by atoms with E-state index in [1.165, 1.54) is 22.2 Å². The van der Waals surface area contributed by atoms with Crippen LogP contribution in [-0.2, 0) is 4.79 Å². The number of thioether (sulfide) groups is 2. The molecule has 0 aliphatic heterocycles. The van der Waals surface area contributed by atoms with E-state index in [1.54, 1.807) is 11.8 Å². The van der Waals surface area contributed by atoms with Gasteiger partial charge < -0.3 is 9.73 Å². The molecule has 134 valence electrons. The van der Waals surface area contributed by atoms with E-state index in [2.05, 4.69) is 46.7 Å². The molecule has 7 heteroatoms. The molecular formula is C19H19N3O2S2. The Morgan fingerprint density at radius 2 is 1.81 bits per heavy atom. The number of aromatic nitrogens is 2. The zero-order valence-corrected chi connectivity index (χ0v) is 16.0. The number of nitrogens with one attached hydrogen (secondary N) is 1. The Bertz CT molecular complexity index is 836. The van der Waals surface area contributed by atoms with Crippen LogP contribution < -0.4 is 5.32 Å². The van der Waals surface area contributed by atoms with Crippen molar-refractivity contribution in [2.75, 3.05) is 18.1 Å². The molecule has 1 aromatic heterocycles. The SMILES string of the molecule is Cc1ccc(SCCNC(=O)CSc2nnc(-c3ccccc3)o2)cc1. The predicted molar refractivity (Wildman–Crippen MR) is 105 cm³/mol. The average Bonchev–Trinajstić information content (AvgIpc) is 3.15. The van der Waals surface area contributed by atoms with Gasteiger partial charge in [0.25, 0.3) is 5.22 Å². The first-order valence-electron chi connectivity index (χ1n) is 8.18. The van der Waals surface area contributed by atoms with Crippen molar-refractivity contribution in [3.8, 4) is 11.5 Å². The molecule has 0 bridgehead atoms. The minimum Gasteiger partial charge on any atom is -0.411 e. The van der Waals surface area contributed by atoms with Crippen molar-refractivity contribution in [2.24, 2.45) is 0 Å². The van der Waals surface area contributed by atoms with Crippen molar-refractivity contribution in [2.45, 2.75) is 17.0 Å². The van der Waals surface area contributed by atoms with Crippen LogP contribution in [0.2, 0.25) is 0 Å². The molecule has 1 N–H and O–H groups in total. The molecule has 3 aromatic rings. The van der Waals surface area contributed by atoms with Gasteiger partial charge in [0.15, 0.2) is 0 Å². The Morgan fingerprint density at radius 1 is 1.04 bits per heavy atom. The van der Waals surface area contributed by atoms with Crippen molar-refractivity contribution in [1.82, 2.24) is 15.5 Å². The molecule has 1 amide bonds. The van der Waals surface area contributed by atoms with Crippen LogP contribution in [0.25, 0.3) is 11.5 Å². The summed E-state index contributed by atoms with van der Waals surface area (Å²) >= 11 is 2.97. The van der Waals surface area contributed by atoms with E-state index < -0.39 is 0 Å². The van der Waals surface area contributed by atoms with E-state index in [9.17, 15) is 4.79 Å². The van der Waals surface area contributed by atoms with Gasteiger partial charge in [-0.05, 0) is 31.2 Å². The van der Waals surface area contributed by atoms with E-state index in [1.807, 2.05) is 30.3 Å². The molecule has 0 atom stereocenters. The first-order valence-corrected chi connectivity index (χ1v) is 10.2. The Kier molecular flexibility index (Phi) is 6.74. The van der Waals surface area contributed by atoms with Crippen LogP contribution >= 0.6 is 23.5 Å². The van der Waals surface area contributed by atoms with Gasteiger partial charge in [0.1, 0.15) is 0 Å². The highest BCUT2D eigenvalue weighted by atomic mass is 32.2. The number of carbonyl (C=O) groups excluding carboxylic acids is 1. The molecule has 26 heavy (non-hydrogen) atoms. The van der Waals surface area contributed by atoms with Crippen LogP contribution in [0.15, 0.2) is 69.1 Å². The maximum absolute atomic E-state index is 11.9. The standard InChI is InChI=1S/C19H19N3O2S2/c1-14-7-9-16(10-8-14)25-12-11-20-17(23)13-26-19-22-21-18(24-19)15-5-3-2-4-6-15/h2-10H,11-13H2,1H3,(H,20,23). The zero-order valence-electron chi connectivity index (χ0n) is 14.3. The Hall–Kier alpha value is -2.25. The average molecular weight is 386 g/mol. The zero-order chi connectivity index (χ0) is 18.2. The monoisotopic (exact) mass is 385 g/mol. The van der Waals surface area contributed by atoms with Crippen molar-refractivity contribution in [3.63, 3.8) is 0 Å². The van der Waals surface area contributed by atoms with E-state index in [-0.39, 0.29) is 11.7 Å². The summed E-state index contributed by atoms with van der Waals surface area (Å²) in [5, 5.41) is 11.3. The van der Waals surface area contributed by atoms with E-state index in [0.717, 1.165) is 11.3 Å². The number of hydrogen-bond acceptors (Lipinski definition) is 6. The lowest BCUT2D eigenvalue weighted by Crippen LogP contribution is -2.27. The number of carbonyl (C=O) groups is 1. The molecule has 0 saturated carbocycles. The van der Waals surface area contributed by atoms with Gasteiger partial charge in [0.05, 0.1) is 5.75 Å². The topological polar surface area (TPSA) is 68.0 Å². The number of benzene rings is 2. The fourth-order valence-electron chi connectivity index (χ4n) is 2.14. The van der Waals surface area contributed by atoms with Crippen molar-refractivity contribution >= 4 is 29.4 Å². The third kappa shape index (κ3) is 5.64. The van der Waals surface area contributed by atoms with Gasteiger partial charge in [-0.15, -0.1) is 22.0 Å². The molecule has 0 unspecified atom stereocenters. The minimum atomic E-state index is -0.0426. The van der Waals surface area contributed by atoms with Crippen molar-refractivity contribution in [3.05, 3.63) is 60.2 Å². The summed E-state index contributed by atoms with van der Waals surface area (Å²) in [5.41, 5.74) is 2.11. The molecule has 0 aliphatic carbocycles. The number of aryl methyl sites for hydroxylation is 1. The highest BCUT2D eigenvalue weighted by molar-refractivity contribution is 7.99. The second-order valence-corrected chi connectivity index (χ2v) is 7.63. The van der Waals surface area contributed by atoms with Gasteiger partial charge in [-0.1, -0.05) is 47.7 Å². The quantitative estimate of drug-likeness (QED) is 0.466. The van der Waals surface area contributed by atoms with Gasteiger partial charge in [0.2, 0.25) is 11.8 Å². The largest absolute Gasteiger partial charge is 0.411 e. The molecule has 5 nitrogen and oxygen atoms in total. The number of amides is 1. The molecule has 3 rings (SSSR count). The van der Waals surface area contributed by atoms with Crippen LogP contribution in [-0.4, -0.2) is 34.2 Å². The van der Waals surface area contributed by atoms with Gasteiger partial charge >= 0.3 is 0 Å². The maximum atomic E-state index is 11.9. The Labute approximate surface area is 161 Å². The molecule has 0 spiro atoms. The lowest BCUT2D eigenvalue weighted by Gasteiger charge is -2.04. The fraction of sp³-hybridized carbons (Fsp3) is 0.211. The smallest absolute Gasteiger partial charge is 0.277 e. The highest BCUT2D eigenvalue weighted by Gasteiger charge is 2.10. The summed E-state index contributed by atoms with van der Waals surface area (Å²) in [4.78, 5) is 13.1. The summed E-state index contributed by atoms with van der Waals surface area (Å²) < 4.78 is 5.57. The molecule has 0 fully saturated rings. The predicted octanol–water partition coefficient (Wildman–Crippen LogP) is 4.05. The third-order valence-corrected chi connectivity index (χ3v) is 5.30. The second-order valence-electron chi connectivity index (χ2n) is 5.54. The maximum Gasteiger partial charge on any atom is 0.277 e. The van der Waals surface area contributed by atoms with Gasteiger partial charge in [-0.3, -0.25) is 4.79 Å². The fourth-order valence-corrected chi connectivity index (χ4v) is 3.50. The molecule has 1 heterocycles. The molecular weight excluding hydrogens is 366 g/mol. The first-order chi connectivity index (χ1) is 12.7. The van der Waals surface area contributed by atoms with Crippen molar-refractivity contribution < 1.29 is 9.21 Å². The third-order valence-electron chi connectivity index (χ3n) is 3.47. The van der Waals surface area contributed by atoms with Crippen molar-refractivity contribution in [1.29, 1.82) is 0 Å². The minimum absolute atomic E-state index is 0.0426.